The Morgan fingerprint density at radius 1 is 1.14 bits per heavy atom. The second kappa shape index (κ2) is 8.42. The van der Waals surface area contributed by atoms with Gasteiger partial charge in [0.15, 0.2) is 6.61 Å². The number of amides is 1. The fourth-order valence-electron chi connectivity index (χ4n) is 2.91. The SMILES string of the molecule is CN(C)S(=O)(=O)c1ccc(NC(=O)COC(=O)c2cc3c(s2)CCCC3)cc1. The van der Waals surface area contributed by atoms with Crippen LogP contribution in [0.25, 0.3) is 0 Å². The van der Waals surface area contributed by atoms with Crippen molar-refractivity contribution in [3.63, 3.8) is 0 Å². The van der Waals surface area contributed by atoms with Gasteiger partial charge in [-0.3, -0.25) is 4.79 Å². The van der Waals surface area contributed by atoms with Gasteiger partial charge in [0.2, 0.25) is 10.0 Å². The molecule has 1 aromatic carbocycles. The molecule has 3 rings (SSSR count). The van der Waals surface area contributed by atoms with Crippen LogP contribution in [0.1, 0.15) is 33.0 Å². The van der Waals surface area contributed by atoms with E-state index in [-0.39, 0.29) is 4.90 Å². The van der Waals surface area contributed by atoms with Crippen LogP contribution in [0.2, 0.25) is 0 Å². The average Bonchev–Trinajstić information content (AvgIpc) is 3.11. The maximum absolute atomic E-state index is 12.2. The molecule has 2 aromatic rings. The highest BCUT2D eigenvalue weighted by Crippen LogP contribution is 2.30. The van der Waals surface area contributed by atoms with Gasteiger partial charge in [0.25, 0.3) is 5.91 Å². The number of benzene rings is 1. The third-order valence-corrected chi connectivity index (χ3v) is 7.50. The molecular formula is C19H22N2O5S2. The van der Waals surface area contributed by atoms with Gasteiger partial charge in [-0.2, -0.15) is 0 Å². The van der Waals surface area contributed by atoms with E-state index in [2.05, 4.69) is 5.32 Å². The predicted molar refractivity (Wildman–Crippen MR) is 107 cm³/mol. The number of ether oxygens (including phenoxy) is 1. The van der Waals surface area contributed by atoms with Gasteiger partial charge in [0.05, 0.1) is 4.90 Å². The normalized spacial score (nSPS) is 13.8. The summed E-state index contributed by atoms with van der Waals surface area (Å²) in [5.74, 6) is -0.986. The van der Waals surface area contributed by atoms with Crippen molar-refractivity contribution in [2.45, 2.75) is 30.6 Å². The van der Waals surface area contributed by atoms with Crippen LogP contribution >= 0.6 is 11.3 Å². The Morgan fingerprint density at radius 2 is 1.82 bits per heavy atom. The zero-order valence-electron chi connectivity index (χ0n) is 15.7. The molecule has 1 aromatic heterocycles. The zero-order valence-corrected chi connectivity index (χ0v) is 17.4. The zero-order chi connectivity index (χ0) is 20.3. The summed E-state index contributed by atoms with van der Waals surface area (Å²) in [4.78, 5) is 26.1. The lowest BCUT2D eigenvalue weighted by Gasteiger charge is -2.12. The Bertz CT molecular complexity index is 955. The lowest BCUT2D eigenvalue weighted by molar-refractivity contribution is -0.119. The van der Waals surface area contributed by atoms with Crippen molar-refractivity contribution < 1.29 is 22.7 Å². The number of aryl methyl sites for hydroxylation is 2. The van der Waals surface area contributed by atoms with E-state index >= 15 is 0 Å². The van der Waals surface area contributed by atoms with E-state index in [1.807, 2.05) is 6.07 Å². The Labute approximate surface area is 168 Å². The summed E-state index contributed by atoms with van der Waals surface area (Å²) >= 11 is 1.44. The van der Waals surface area contributed by atoms with Crippen molar-refractivity contribution in [1.29, 1.82) is 0 Å². The van der Waals surface area contributed by atoms with Crippen LogP contribution in [-0.4, -0.2) is 45.3 Å². The highest BCUT2D eigenvalue weighted by molar-refractivity contribution is 7.89. The molecule has 0 fully saturated rings. The molecule has 0 bridgehead atoms. The molecule has 0 aliphatic heterocycles. The first-order valence-corrected chi connectivity index (χ1v) is 11.1. The summed E-state index contributed by atoms with van der Waals surface area (Å²) in [6.45, 7) is -0.404. The van der Waals surface area contributed by atoms with Crippen molar-refractivity contribution in [3.05, 3.63) is 45.6 Å². The molecule has 0 radical (unpaired) electrons. The van der Waals surface area contributed by atoms with Crippen molar-refractivity contribution in [1.82, 2.24) is 4.31 Å². The number of carbonyl (C=O) groups is 2. The lowest BCUT2D eigenvalue weighted by atomic mass is 9.99. The largest absolute Gasteiger partial charge is 0.451 e. The Kier molecular flexibility index (Phi) is 6.17. The number of thiophene rings is 1. The van der Waals surface area contributed by atoms with Gasteiger partial charge in [0.1, 0.15) is 4.88 Å². The monoisotopic (exact) mass is 422 g/mol. The van der Waals surface area contributed by atoms with Crippen LogP contribution in [0.3, 0.4) is 0 Å². The van der Waals surface area contributed by atoms with Crippen molar-refractivity contribution >= 4 is 38.9 Å². The highest BCUT2D eigenvalue weighted by Gasteiger charge is 2.19. The number of esters is 1. The number of rotatable bonds is 6. The second-order valence-corrected chi connectivity index (χ2v) is 9.99. The second-order valence-electron chi connectivity index (χ2n) is 6.70. The fraction of sp³-hybridized carbons (Fsp3) is 0.368. The number of nitrogens with zero attached hydrogens (tertiary/aromatic N) is 1. The number of hydrogen-bond donors (Lipinski definition) is 1. The number of fused-ring (bicyclic) bond motifs is 1. The van der Waals surface area contributed by atoms with Crippen molar-refractivity contribution in [3.8, 4) is 0 Å². The molecule has 1 aliphatic rings. The highest BCUT2D eigenvalue weighted by atomic mass is 32.2. The van der Waals surface area contributed by atoms with Crippen LogP contribution in [0.4, 0.5) is 5.69 Å². The molecule has 150 valence electrons. The van der Waals surface area contributed by atoms with Crippen LogP contribution in [0.15, 0.2) is 35.2 Å². The lowest BCUT2D eigenvalue weighted by Crippen LogP contribution is -2.22. The first kappa shape index (κ1) is 20.5. The van der Waals surface area contributed by atoms with Crippen LogP contribution in [-0.2, 0) is 32.4 Å². The molecule has 7 nitrogen and oxygen atoms in total. The molecule has 1 amide bonds. The summed E-state index contributed by atoms with van der Waals surface area (Å²) in [6, 6.07) is 7.66. The Morgan fingerprint density at radius 3 is 2.46 bits per heavy atom. The maximum atomic E-state index is 12.2. The first-order chi connectivity index (χ1) is 13.3. The molecule has 0 unspecified atom stereocenters. The van der Waals surface area contributed by atoms with E-state index in [9.17, 15) is 18.0 Å². The third-order valence-electron chi connectivity index (χ3n) is 4.45. The summed E-state index contributed by atoms with van der Waals surface area (Å²) in [5, 5.41) is 2.58. The van der Waals surface area contributed by atoms with Crippen molar-refractivity contribution in [2.24, 2.45) is 0 Å². The van der Waals surface area contributed by atoms with Gasteiger partial charge in [-0.25, -0.2) is 17.5 Å². The molecule has 28 heavy (non-hydrogen) atoms. The molecule has 0 saturated heterocycles. The number of carbonyl (C=O) groups excluding carboxylic acids is 2. The van der Waals surface area contributed by atoms with E-state index in [1.54, 1.807) is 0 Å². The number of hydrogen-bond acceptors (Lipinski definition) is 6. The summed E-state index contributed by atoms with van der Waals surface area (Å²) < 4.78 is 30.3. The van der Waals surface area contributed by atoms with E-state index in [0.29, 0.717) is 10.6 Å². The van der Waals surface area contributed by atoms with E-state index in [1.165, 1.54) is 60.1 Å². The minimum Gasteiger partial charge on any atom is -0.451 e. The summed E-state index contributed by atoms with van der Waals surface area (Å²) in [5.41, 5.74) is 1.63. The van der Waals surface area contributed by atoms with Crippen LogP contribution in [0.5, 0.6) is 0 Å². The first-order valence-electron chi connectivity index (χ1n) is 8.88. The van der Waals surface area contributed by atoms with Gasteiger partial charge >= 0.3 is 5.97 Å². The standard InChI is InChI=1S/C19H22N2O5S2/c1-21(2)28(24,25)15-9-7-14(8-10-15)20-18(22)12-26-19(23)17-11-13-5-3-4-6-16(13)27-17/h7-11H,3-6,12H2,1-2H3,(H,20,22). The predicted octanol–water partition coefficient (Wildman–Crippen LogP) is 2.67. The van der Waals surface area contributed by atoms with Gasteiger partial charge in [0, 0.05) is 24.7 Å². The van der Waals surface area contributed by atoms with E-state index < -0.39 is 28.5 Å². The minimum absolute atomic E-state index is 0.128. The van der Waals surface area contributed by atoms with Crippen molar-refractivity contribution in [2.75, 3.05) is 26.0 Å². The summed E-state index contributed by atoms with van der Waals surface area (Å²) in [7, 11) is -0.628. The molecule has 9 heteroatoms. The Balaban J connectivity index is 1.54. The number of sulfonamides is 1. The number of anilines is 1. The van der Waals surface area contributed by atoms with Crippen LogP contribution < -0.4 is 5.32 Å². The van der Waals surface area contributed by atoms with E-state index in [0.717, 1.165) is 30.0 Å². The molecule has 0 saturated carbocycles. The molecule has 0 atom stereocenters. The third kappa shape index (κ3) is 4.60. The van der Waals surface area contributed by atoms with Gasteiger partial charge < -0.3 is 10.1 Å². The molecule has 1 aliphatic carbocycles. The van der Waals surface area contributed by atoms with Gasteiger partial charge in [-0.05, 0) is 61.6 Å². The quantitative estimate of drug-likeness (QED) is 0.723. The Hall–Kier alpha value is -2.23. The van der Waals surface area contributed by atoms with Gasteiger partial charge in [-0.15, -0.1) is 11.3 Å². The number of nitrogens with one attached hydrogen (secondary N) is 1. The smallest absolute Gasteiger partial charge is 0.348 e. The topological polar surface area (TPSA) is 92.8 Å². The fourth-order valence-corrected chi connectivity index (χ4v) is 4.96. The molecular weight excluding hydrogens is 400 g/mol. The van der Waals surface area contributed by atoms with Gasteiger partial charge in [-0.1, -0.05) is 0 Å². The molecule has 1 heterocycles. The van der Waals surface area contributed by atoms with Crippen LogP contribution in [0, 0.1) is 0 Å². The minimum atomic E-state index is -3.52. The average molecular weight is 423 g/mol. The van der Waals surface area contributed by atoms with E-state index in [4.69, 9.17) is 4.74 Å². The maximum Gasteiger partial charge on any atom is 0.348 e. The molecule has 1 N–H and O–H groups in total. The molecule has 0 spiro atoms. The summed E-state index contributed by atoms with van der Waals surface area (Å²) in [6.07, 6.45) is 4.25.